The highest BCUT2D eigenvalue weighted by molar-refractivity contribution is 6.04. The van der Waals surface area contributed by atoms with Gasteiger partial charge in [-0.3, -0.25) is 9.59 Å². The Morgan fingerprint density at radius 3 is 1.77 bits per heavy atom. The van der Waals surface area contributed by atoms with E-state index in [0.29, 0.717) is 19.8 Å². The Balaban J connectivity index is 2.03. The van der Waals surface area contributed by atoms with E-state index in [0.717, 1.165) is 11.4 Å². The highest BCUT2D eigenvalue weighted by atomic mass is 16.5. The van der Waals surface area contributed by atoms with Gasteiger partial charge in [0.25, 0.3) is 0 Å². The fraction of sp³-hybridized carbons (Fsp3) is 0.333. The number of para-hydroxylation sites is 2. The molecule has 1 heterocycles. The number of rotatable bonds is 5. The Morgan fingerprint density at radius 2 is 1.38 bits per heavy atom. The first-order valence-corrected chi connectivity index (χ1v) is 8.85. The van der Waals surface area contributed by atoms with E-state index < -0.39 is 11.4 Å². The number of esters is 1. The van der Waals surface area contributed by atoms with Crippen molar-refractivity contribution in [1.82, 2.24) is 0 Å². The van der Waals surface area contributed by atoms with E-state index >= 15 is 0 Å². The normalized spacial score (nSPS) is 16.2. The molecule has 5 heteroatoms. The van der Waals surface area contributed by atoms with Gasteiger partial charge in [-0.1, -0.05) is 36.4 Å². The van der Waals surface area contributed by atoms with Gasteiger partial charge < -0.3 is 14.5 Å². The first kappa shape index (κ1) is 18.0. The summed E-state index contributed by atoms with van der Waals surface area (Å²) >= 11 is 0. The van der Waals surface area contributed by atoms with Crippen LogP contribution in [0.25, 0.3) is 0 Å². The SMILES string of the molecule is CCOC(=O)C1(C(C)=O)CN(c2ccccc2)CN(c2ccccc2)C1. The van der Waals surface area contributed by atoms with Crippen molar-refractivity contribution in [2.24, 2.45) is 5.41 Å². The van der Waals surface area contributed by atoms with Crippen molar-refractivity contribution in [3.8, 4) is 0 Å². The molecule has 1 aliphatic rings. The van der Waals surface area contributed by atoms with Crippen LogP contribution >= 0.6 is 0 Å². The Kier molecular flexibility index (Phi) is 5.26. The fourth-order valence-corrected chi connectivity index (χ4v) is 3.40. The second-order valence-electron chi connectivity index (χ2n) is 6.57. The Labute approximate surface area is 154 Å². The van der Waals surface area contributed by atoms with Crippen LogP contribution in [-0.2, 0) is 14.3 Å². The number of anilines is 2. The molecule has 2 aromatic rings. The van der Waals surface area contributed by atoms with E-state index in [-0.39, 0.29) is 12.4 Å². The first-order chi connectivity index (χ1) is 12.6. The molecule has 1 fully saturated rings. The lowest BCUT2D eigenvalue weighted by Crippen LogP contribution is -2.62. The number of carbonyl (C=O) groups excluding carboxylic acids is 2. The summed E-state index contributed by atoms with van der Waals surface area (Å²) in [6.45, 7) is 4.73. The average Bonchev–Trinajstić information content (AvgIpc) is 2.69. The van der Waals surface area contributed by atoms with Crippen LogP contribution in [0.15, 0.2) is 60.7 Å². The van der Waals surface area contributed by atoms with Crippen molar-refractivity contribution in [2.45, 2.75) is 13.8 Å². The van der Waals surface area contributed by atoms with E-state index in [1.54, 1.807) is 6.92 Å². The molecule has 0 radical (unpaired) electrons. The Morgan fingerprint density at radius 1 is 0.923 bits per heavy atom. The molecule has 5 nitrogen and oxygen atoms in total. The molecule has 0 atom stereocenters. The third-order valence-corrected chi connectivity index (χ3v) is 4.85. The molecular formula is C21H24N2O3. The van der Waals surface area contributed by atoms with Crippen LogP contribution in [0.5, 0.6) is 0 Å². The van der Waals surface area contributed by atoms with Crippen LogP contribution in [-0.4, -0.2) is 38.1 Å². The second-order valence-corrected chi connectivity index (χ2v) is 6.57. The molecule has 2 aromatic carbocycles. The van der Waals surface area contributed by atoms with Crippen molar-refractivity contribution in [3.05, 3.63) is 60.7 Å². The second kappa shape index (κ2) is 7.60. The van der Waals surface area contributed by atoms with Gasteiger partial charge in [0.05, 0.1) is 13.3 Å². The molecule has 1 aliphatic heterocycles. The minimum atomic E-state index is -1.21. The van der Waals surface area contributed by atoms with Crippen LogP contribution in [0, 0.1) is 5.41 Å². The molecule has 0 bridgehead atoms. The minimum Gasteiger partial charge on any atom is -0.465 e. The van der Waals surface area contributed by atoms with Crippen molar-refractivity contribution < 1.29 is 14.3 Å². The molecular weight excluding hydrogens is 328 g/mol. The molecule has 136 valence electrons. The maximum Gasteiger partial charge on any atom is 0.323 e. The maximum atomic E-state index is 12.8. The van der Waals surface area contributed by atoms with Crippen LogP contribution in [0.4, 0.5) is 11.4 Å². The number of hydrogen-bond donors (Lipinski definition) is 0. The number of hydrogen-bond acceptors (Lipinski definition) is 5. The average molecular weight is 352 g/mol. The van der Waals surface area contributed by atoms with Gasteiger partial charge >= 0.3 is 5.97 Å². The van der Waals surface area contributed by atoms with E-state index in [2.05, 4.69) is 9.80 Å². The van der Waals surface area contributed by atoms with Gasteiger partial charge in [-0.15, -0.1) is 0 Å². The maximum absolute atomic E-state index is 12.8. The Hall–Kier alpha value is -2.82. The van der Waals surface area contributed by atoms with E-state index in [4.69, 9.17) is 4.74 Å². The van der Waals surface area contributed by atoms with Gasteiger partial charge in [0.2, 0.25) is 0 Å². The van der Waals surface area contributed by atoms with E-state index in [1.807, 2.05) is 60.7 Å². The number of nitrogens with zero attached hydrogens (tertiary/aromatic N) is 2. The van der Waals surface area contributed by atoms with Gasteiger partial charge in [-0.25, -0.2) is 0 Å². The van der Waals surface area contributed by atoms with Crippen molar-refractivity contribution >= 4 is 23.1 Å². The summed E-state index contributed by atoms with van der Waals surface area (Å²) in [5.41, 5.74) is 0.742. The van der Waals surface area contributed by atoms with Crippen LogP contribution in [0.3, 0.4) is 0 Å². The summed E-state index contributed by atoms with van der Waals surface area (Å²) in [6.07, 6.45) is 0. The molecule has 0 amide bonds. The zero-order chi connectivity index (χ0) is 18.6. The number of Topliss-reactive ketones (excluding diaryl/α,β-unsaturated/α-hetero) is 1. The van der Waals surface area contributed by atoms with Gasteiger partial charge in [0, 0.05) is 24.5 Å². The number of ether oxygens (including phenoxy) is 1. The molecule has 0 unspecified atom stereocenters. The lowest BCUT2D eigenvalue weighted by atomic mass is 9.81. The summed E-state index contributed by atoms with van der Waals surface area (Å²) < 4.78 is 5.30. The number of ketones is 1. The quantitative estimate of drug-likeness (QED) is 0.611. The van der Waals surface area contributed by atoms with Gasteiger partial charge in [-0.05, 0) is 38.1 Å². The third kappa shape index (κ3) is 3.43. The molecule has 0 saturated carbocycles. The molecule has 0 aliphatic carbocycles. The fourth-order valence-electron chi connectivity index (χ4n) is 3.40. The highest BCUT2D eigenvalue weighted by Gasteiger charge is 2.50. The number of benzene rings is 2. The Bertz CT molecular complexity index is 714. The van der Waals surface area contributed by atoms with Crippen LogP contribution < -0.4 is 9.80 Å². The number of carbonyl (C=O) groups is 2. The zero-order valence-electron chi connectivity index (χ0n) is 15.2. The first-order valence-electron chi connectivity index (χ1n) is 8.85. The standard InChI is InChI=1S/C21H24N2O3/c1-3-26-20(25)21(17(2)24)14-22(18-10-6-4-7-11-18)16-23(15-21)19-12-8-5-9-13-19/h4-13H,3,14-16H2,1-2H3. The zero-order valence-corrected chi connectivity index (χ0v) is 15.2. The molecule has 26 heavy (non-hydrogen) atoms. The molecule has 0 aromatic heterocycles. The lowest BCUT2D eigenvalue weighted by Gasteiger charge is -2.46. The van der Waals surface area contributed by atoms with Crippen LogP contribution in [0.2, 0.25) is 0 Å². The van der Waals surface area contributed by atoms with Crippen molar-refractivity contribution in [2.75, 3.05) is 36.2 Å². The topological polar surface area (TPSA) is 49.9 Å². The smallest absolute Gasteiger partial charge is 0.323 e. The monoisotopic (exact) mass is 352 g/mol. The molecule has 0 spiro atoms. The predicted octanol–water partition coefficient (Wildman–Crippen LogP) is 3.11. The molecule has 3 rings (SSSR count). The van der Waals surface area contributed by atoms with Gasteiger partial charge in [-0.2, -0.15) is 0 Å². The molecule has 1 saturated heterocycles. The molecule has 0 N–H and O–H groups in total. The largest absolute Gasteiger partial charge is 0.465 e. The summed E-state index contributed by atoms with van der Waals surface area (Å²) in [5, 5.41) is 0. The highest BCUT2D eigenvalue weighted by Crippen LogP contribution is 2.33. The van der Waals surface area contributed by atoms with Crippen molar-refractivity contribution in [3.63, 3.8) is 0 Å². The lowest BCUT2D eigenvalue weighted by molar-refractivity contribution is -0.158. The van der Waals surface area contributed by atoms with E-state index in [1.165, 1.54) is 6.92 Å². The van der Waals surface area contributed by atoms with Crippen molar-refractivity contribution in [1.29, 1.82) is 0 Å². The van der Waals surface area contributed by atoms with E-state index in [9.17, 15) is 9.59 Å². The minimum absolute atomic E-state index is 0.169. The summed E-state index contributed by atoms with van der Waals surface area (Å²) in [7, 11) is 0. The summed E-state index contributed by atoms with van der Waals surface area (Å²) in [5.74, 6) is -0.619. The van der Waals surface area contributed by atoms with Crippen LogP contribution in [0.1, 0.15) is 13.8 Å². The summed E-state index contributed by atoms with van der Waals surface area (Å²) in [6, 6.07) is 19.7. The van der Waals surface area contributed by atoms with Gasteiger partial charge in [0.15, 0.2) is 11.2 Å². The third-order valence-electron chi connectivity index (χ3n) is 4.85. The summed E-state index contributed by atoms with van der Waals surface area (Å²) in [4.78, 5) is 29.6. The predicted molar refractivity (Wildman–Crippen MR) is 102 cm³/mol. The van der Waals surface area contributed by atoms with Gasteiger partial charge in [0.1, 0.15) is 0 Å².